The Morgan fingerprint density at radius 1 is 1.09 bits per heavy atom. The maximum atomic E-state index is 7.58. The van der Waals surface area contributed by atoms with Crippen LogP contribution in [0.5, 0.6) is 0 Å². The standard InChI is InChI=1S/C29H38N4/c1-22-8-7-9-24(18-22)26(10-5-3-4-6-15-30)28-21-33(20-23-13-16-32-17-14-23)29-12-11-25(31-2)19-27(28)29/h7-9,11-12,18-19,21,23,26,32H,3-6,10,13-17,20,30H2,1H3. The molecule has 1 saturated heterocycles. The molecule has 4 nitrogen and oxygen atoms in total. The van der Waals surface area contributed by atoms with Crippen molar-refractivity contribution in [3.63, 3.8) is 0 Å². The molecule has 0 radical (unpaired) electrons. The Morgan fingerprint density at radius 2 is 1.91 bits per heavy atom. The van der Waals surface area contributed by atoms with E-state index >= 15 is 0 Å². The number of hydrogen-bond donors (Lipinski definition) is 2. The lowest BCUT2D eigenvalue weighted by atomic mass is 9.86. The van der Waals surface area contributed by atoms with Crippen LogP contribution in [-0.2, 0) is 6.54 Å². The van der Waals surface area contributed by atoms with E-state index in [2.05, 4.69) is 64.2 Å². The lowest BCUT2D eigenvalue weighted by Gasteiger charge is -2.23. The molecule has 1 aliphatic rings. The van der Waals surface area contributed by atoms with E-state index in [-0.39, 0.29) is 0 Å². The van der Waals surface area contributed by atoms with E-state index in [0.717, 1.165) is 44.7 Å². The number of benzene rings is 2. The molecular formula is C29H38N4. The molecule has 33 heavy (non-hydrogen) atoms. The van der Waals surface area contributed by atoms with Crippen LogP contribution in [0.15, 0.2) is 48.7 Å². The predicted molar refractivity (Wildman–Crippen MR) is 139 cm³/mol. The maximum Gasteiger partial charge on any atom is 0.187 e. The summed E-state index contributed by atoms with van der Waals surface area (Å²) >= 11 is 0. The average molecular weight is 443 g/mol. The van der Waals surface area contributed by atoms with Gasteiger partial charge in [0.25, 0.3) is 0 Å². The van der Waals surface area contributed by atoms with E-state index in [1.807, 2.05) is 6.07 Å². The molecule has 1 atom stereocenters. The summed E-state index contributed by atoms with van der Waals surface area (Å²) in [5.41, 5.74) is 11.8. The molecular weight excluding hydrogens is 404 g/mol. The van der Waals surface area contributed by atoms with Crippen LogP contribution in [-0.4, -0.2) is 24.2 Å². The molecule has 4 heteroatoms. The minimum Gasteiger partial charge on any atom is -0.347 e. The second kappa shape index (κ2) is 11.5. The SMILES string of the molecule is [C-]#[N+]c1ccc2c(c1)c(C(CCCCCCN)c1cccc(C)c1)cn2CC1CCNCC1. The Bertz CT molecular complexity index is 1080. The summed E-state index contributed by atoms with van der Waals surface area (Å²) in [6, 6.07) is 15.3. The van der Waals surface area contributed by atoms with E-state index in [1.54, 1.807) is 0 Å². The Hall–Kier alpha value is -2.61. The number of rotatable bonds is 10. The normalized spacial score (nSPS) is 15.5. The quantitative estimate of drug-likeness (QED) is 0.277. The van der Waals surface area contributed by atoms with Crippen LogP contribution in [0, 0.1) is 19.4 Å². The van der Waals surface area contributed by atoms with Gasteiger partial charge in [0, 0.05) is 24.2 Å². The number of nitrogens with zero attached hydrogens (tertiary/aromatic N) is 2. The third kappa shape index (κ3) is 5.85. The van der Waals surface area contributed by atoms with Gasteiger partial charge in [0.05, 0.1) is 6.57 Å². The number of aromatic nitrogens is 1. The van der Waals surface area contributed by atoms with Crippen LogP contribution in [0.2, 0.25) is 0 Å². The summed E-state index contributed by atoms with van der Waals surface area (Å²) in [6.07, 6.45) is 10.7. The number of nitrogens with one attached hydrogen (secondary N) is 1. The van der Waals surface area contributed by atoms with Gasteiger partial charge in [-0.3, -0.25) is 0 Å². The zero-order valence-electron chi connectivity index (χ0n) is 20.0. The summed E-state index contributed by atoms with van der Waals surface area (Å²) in [7, 11) is 0. The lowest BCUT2D eigenvalue weighted by Crippen LogP contribution is -2.29. The monoisotopic (exact) mass is 442 g/mol. The van der Waals surface area contributed by atoms with Crippen LogP contribution < -0.4 is 11.1 Å². The minimum absolute atomic E-state index is 0.348. The fraction of sp³-hybridized carbons (Fsp3) is 0.483. The highest BCUT2D eigenvalue weighted by atomic mass is 15.0. The molecule has 2 heterocycles. The van der Waals surface area contributed by atoms with Gasteiger partial charge in [0.15, 0.2) is 5.69 Å². The van der Waals surface area contributed by atoms with Gasteiger partial charge in [-0.15, -0.1) is 0 Å². The van der Waals surface area contributed by atoms with Crippen molar-refractivity contribution >= 4 is 16.6 Å². The van der Waals surface area contributed by atoms with Crippen molar-refractivity contribution in [3.05, 3.63) is 76.8 Å². The molecule has 1 fully saturated rings. The zero-order chi connectivity index (χ0) is 23.0. The molecule has 2 aromatic carbocycles. The Balaban J connectivity index is 1.72. The molecule has 0 saturated carbocycles. The van der Waals surface area contributed by atoms with E-state index in [1.165, 1.54) is 59.7 Å². The van der Waals surface area contributed by atoms with E-state index in [4.69, 9.17) is 12.3 Å². The van der Waals surface area contributed by atoms with Crippen molar-refractivity contribution in [2.75, 3.05) is 19.6 Å². The molecule has 0 bridgehead atoms. The van der Waals surface area contributed by atoms with Gasteiger partial charge in [-0.05, 0) is 86.8 Å². The van der Waals surface area contributed by atoms with Crippen molar-refractivity contribution in [2.24, 2.45) is 11.7 Å². The van der Waals surface area contributed by atoms with Crippen LogP contribution >= 0.6 is 0 Å². The molecule has 3 aromatic rings. The summed E-state index contributed by atoms with van der Waals surface area (Å²) in [4.78, 5) is 3.75. The zero-order valence-corrected chi connectivity index (χ0v) is 20.0. The molecule has 1 aromatic heterocycles. The van der Waals surface area contributed by atoms with Crippen molar-refractivity contribution < 1.29 is 0 Å². The Labute approximate surface area is 199 Å². The van der Waals surface area contributed by atoms with Crippen molar-refractivity contribution in [1.82, 2.24) is 9.88 Å². The van der Waals surface area contributed by atoms with Gasteiger partial charge in [-0.25, -0.2) is 4.85 Å². The first kappa shape index (κ1) is 23.5. The predicted octanol–water partition coefficient (Wildman–Crippen LogP) is 6.54. The summed E-state index contributed by atoms with van der Waals surface area (Å²) in [5, 5.41) is 4.75. The highest BCUT2D eigenvalue weighted by Gasteiger charge is 2.22. The number of nitrogens with two attached hydrogens (primary N) is 1. The topological polar surface area (TPSA) is 47.3 Å². The van der Waals surface area contributed by atoms with Gasteiger partial charge in [-0.1, -0.05) is 55.2 Å². The van der Waals surface area contributed by atoms with Crippen molar-refractivity contribution in [2.45, 2.75) is 64.3 Å². The van der Waals surface area contributed by atoms with Crippen LogP contribution in [0.4, 0.5) is 5.69 Å². The van der Waals surface area contributed by atoms with Crippen LogP contribution in [0.3, 0.4) is 0 Å². The molecule has 1 aliphatic heterocycles. The lowest BCUT2D eigenvalue weighted by molar-refractivity contribution is 0.336. The van der Waals surface area contributed by atoms with Crippen molar-refractivity contribution in [1.29, 1.82) is 0 Å². The summed E-state index contributed by atoms with van der Waals surface area (Å²) in [6.45, 7) is 13.8. The van der Waals surface area contributed by atoms with Gasteiger partial charge in [0.2, 0.25) is 0 Å². The van der Waals surface area contributed by atoms with E-state index < -0.39 is 0 Å². The fourth-order valence-electron chi connectivity index (χ4n) is 5.39. The molecule has 1 unspecified atom stereocenters. The van der Waals surface area contributed by atoms with E-state index in [0.29, 0.717) is 11.8 Å². The van der Waals surface area contributed by atoms with Gasteiger partial charge in [0.1, 0.15) is 0 Å². The molecule has 3 N–H and O–H groups in total. The molecule has 0 spiro atoms. The van der Waals surface area contributed by atoms with Crippen molar-refractivity contribution in [3.8, 4) is 0 Å². The highest BCUT2D eigenvalue weighted by molar-refractivity contribution is 5.88. The third-order valence-corrected chi connectivity index (χ3v) is 7.21. The Kier molecular flexibility index (Phi) is 8.20. The second-order valence-corrected chi connectivity index (χ2v) is 9.70. The number of unbranched alkanes of at least 4 members (excludes halogenated alkanes) is 3. The highest BCUT2D eigenvalue weighted by Crippen LogP contribution is 2.38. The largest absolute Gasteiger partial charge is 0.347 e. The van der Waals surface area contributed by atoms with Gasteiger partial charge < -0.3 is 15.6 Å². The first-order chi connectivity index (χ1) is 16.2. The first-order valence-corrected chi connectivity index (χ1v) is 12.7. The molecule has 174 valence electrons. The van der Waals surface area contributed by atoms with Crippen LogP contribution in [0.25, 0.3) is 15.7 Å². The molecule has 4 rings (SSSR count). The summed E-state index contributed by atoms with van der Waals surface area (Å²) in [5.74, 6) is 1.06. The second-order valence-electron chi connectivity index (χ2n) is 9.70. The number of aryl methyl sites for hydroxylation is 1. The fourth-order valence-corrected chi connectivity index (χ4v) is 5.39. The average Bonchev–Trinajstić information content (AvgIpc) is 3.19. The minimum atomic E-state index is 0.348. The Morgan fingerprint density at radius 3 is 2.67 bits per heavy atom. The van der Waals surface area contributed by atoms with Gasteiger partial charge in [-0.2, -0.15) is 0 Å². The number of hydrogen-bond acceptors (Lipinski definition) is 2. The maximum absolute atomic E-state index is 7.58. The number of piperidine rings is 1. The summed E-state index contributed by atoms with van der Waals surface area (Å²) < 4.78 is 2.48. The molecule has 0 aliphatic carbocycles. The van der Waals surface area contributed by atoms with E-state index in [9.17, 15) is 0 Å². The first-order valence-electron chi connectivity index (χ1n) is 12.7. The smallest absolute Gasteiger partial charge is 0.187 e. The van der Waals surface area contributed by atoms with Crippen LogP contribution in [0.1, 0.15) is 67.6 Å². The third-order valence-electron chi connectivity index (χ3n) is 7.21. The molecule has 0 amide bonds. The number of fused-ring (bicyclic) bond motifs is 1. The van der Waals surface area contributed by atoms with Gasteiger partial charge >= 0.3 is 0 Å².